The lowest BCUT2D eigenvalue weighted by Crippen LogP contribution is -2.17. The monoisotopic (exact) mass is 379 g/mol. The molecule has 0 atom stereocenters. The molecule has 0 radical (unpaired) electrons. The van der Waals surface area contributed by atoms with Gasteiger partial charge in [0.1, 0.15) is 5.82 Å². The third-order valence-electron chi connectivity index (χ3n) is 4.77. The number of anilines is 3. The highest BCUT2D eigenvalue weighted by Crippen LogP contribution is 2.26. The summed E-state index contributed by atoms with van der Waals surface area (Å²) in [6, 6.07) is 14.0. The maximum absolute atomic E-state index is 6.14. The molecule has 1 saturated carbocycles. The van der Waals surface area contributed by atoms with E-state index in [1.54, 1.807) is 6.20 Å². The van der Waals surface area contributed by atoms with Crippen molar-refractivity contribution in [2.45, 2.75) is 38.6 Å². The maximum Gasteiger partial charge on any atom is 0.225 e. The van der Waals surface area contributed by atoms with E-state index in [1.165, 1.54) is 12.8 Å². The van der Waals surface area contributed by atoms with Crippen LogP contribution in [0.3, 0.4) is 0 Å². The highest BCUT2D eigenvalue weighted by molar-refractivity contribution is 6.31. The number of aromatic nitrogens is 3. The minimum absolute atomic E-state index is 0.439. The molecule has 1 aliphatic carbocycles. The molecule has 5 nitrogen and oxygen atoms in total. The van der Waals surface area contributed by atoms with Crippen molar-refractivity contribution in [2.75, 3.05) is 10.6 Å². The standard InChI is InChI=1S/C21H22ClN5/c1-14-12-16(9-10-17(14)22)24-20-13-19(18-8-4-5-11-23-18)26-21(27-20)25-15-6-2-3-7-15/h4-5,8-13,15H,2-3,6-7H2,1H3,(H2,24,25,26,27). The Bertz CT molecular complexity index is 923. The average molecular weight is 380 g/mol. The quantitative estimate of drug-likeness (QED) is 0.604. The van der Waals surface area contributed by atoms with Gasteiger partial charge in [-0.15, -0.1) is 0 Å². The molecule has 0 saturated heterocycles. The third kappa shape index (κ3) is 4.37. The normalized spacial score (nSPS) is 14.3. The number of benzene rings is 1. The number of nitrogens with one attached hydrogen (secondary N) is 2. The first kappa shape index (κ1) is 17.7. The first-order chi connectivity index (χ1) is 13.2. The van der Waals surface area contributed by atoms with Gasteiger partial charge in [-0.05, 0) is 55.7 Å². The zero-order valence-corrected chi connectivity index (χ0v) is 16.0. The summed E-state index contributed by atoms with van der Waals surface area (Å²) in [5.41, 5.74) is 3.57. The summed E-state index contributed by atoms with van der Waals surface area (Å²) >= 11 is 6.14. The van der Waals surface area contributed by atoms with Gasteiger partial charge in [-0.25, -0.2) is 4.98 Å². The molecule has 1 aliphatic rings. The Balaban J connectivity index is 1.67. The summed E-state index contributed by atoms with van der Waals surface area (Å²) < 4.78 is 0. The topological polar surface area (TPSA) is 62.7 Å². The van der Waals surface area contributed by atoms with Crippen LogP contribution in [0.4, 0.5) is 17.5 Å². The summed E-state index contributed by atoms with van der Waals surface area (Å²) in [7, 11) is 0. The van der Waals surface area contributed by atoms with E-state index in [-0.39, 0.29) is 0 Å². The van der Waals surface area contributed by atoms with Gasteiger partial charge in [0.15, 0.2) is 0 Å². The Hall–Kier alpha value is -2.66. The van der Waals surface area contributed by atoms with Crippen LogP contribution in [0.25, 0.3) is 11.4 Å². The molecule has 0 aliphatic heterocycles. The van der Waals surface area contributed by atoms with Crippen LogP contribution in [0.2, 0.25) is 5.02 Å². The van der Waals surface area contributed by atoms with Crippen LogP contribution >= 0.6 is 11.6 Å². The highest BCUT2D eigenvalue weighted by atomic mass is 35.5. The van der Waals surface area contributed by atoms with Crippen molar-refractivity contribution >= 4 is 29.1 Å². The van der Waals surface area contributed by atoms with Crippen molar-refractivity contribution in [3.8, 4) is 11.4 Å². The lowest BCUT2D eigenvalue weighted by molar-refractivity contribution is 0.744. The summed E-state index contributed by atoms with van der Waals surface area (Å²) in [5, 5.41) is 7.61. The average Bonchev–Trinajstić information content (AvgIpc) is 3.18. The van der Waals surface area contributed by atoms with E-state index in [4.69, 9.17) is 16.6 Å². The van der Waals surface area contributed by atoms with E-state index in [9.17, 15) is 0 Å². The van der Waals surface area contributed by atoms with E-state index >= 15 is 0 Å². The van der Waals surface area contributed by atoms with Gasteiger partial charge in [-0.2, -0.15) is 4.98 Å². The number of aryl methyl sites for hydroxylation is 1. The van der Waals surface area contributed by atoms with Gasteiger partial charge in [0, 0.05) is 29.0 Å². The fourth-order valence-corrected chi connectivity index (χ4v) is 3.46. The van der Waals surface area contributed by atoms with Crippen molar-refractivity contribution in [1.82, 2.24) is 15.0 Å². The van der Waals surface area contributed by atoms with Crippen LogP contribution in [0.1, 0.15) is 31.2 Å². The van der Waals surface area contributed by atoms with Crippen molar-refractivity contribution in [2.24, 2.45) is 0 Å². The molecule has 2 aromatic heterocycles. The van der Waals surface area contributed by atoms with E-state index < -0.39 is 0 Å². The minimum Gasteiger partial charge on any atom is -0.351 e. The van der Waals surface area contributed by atoms with Gasteiger partial charge in [0.05, 0.1) is 11.4 Å². The fourth-order valence-electron chi connectivity index (χ4n) is 3.34. The Labute approximate surface area is 164 Å². The van der Waals surface area contributed by atoms with Crippen LogP contribution in [0.15, 0.2) is 48.7 Å². The van der Waals surface area contributed by atoms with E-state index in [2.05, 4.69) is 20.6 Å². The lowest BCUT2D eigenvalue weighted by atomic mass is 10.2. The summed E-state index contributed by atoms with van der Waals surface area (Å²) in [6.45, 7) is 1.99. The van der Waals surface area contributed by atoms with Gasteiger partial charge >= 0.3 is 0 Å². The summed E-state index contributed by atoms with van der Waals surface area (Å²) in [4.78, 5) is 13.8. The van der Waals surface area contributed by atoms with E-state index in [0.29, 0.717) is 12.0 Å². The molecule has 0 amide bonds. The van der Waals surface area contributed by atoms with Gasteiger partial charge in [-0.3, -0.25) is 4.98 Å². The molecule has 1 aromatic carbocycles. The molecule has 0 spiro atoms. The molecule has 4 rings (SSSR count). The van der Waals surface area contributed by atoms with Crippen molar-refractivity contribution in [1.29, 1.82) is 0 Å². The zero-order chi connectivity index (χ0) is 18.6. The van der Waals surface area contributed by atoms with Gasteiger partial charge < -0.3 is 10.6 Å². The van der Waals surface area contributed by atoms with E-state index in [1.807, 2.05) is 49.4 Å². The molecule has 27 heavy (non-hydrogen) atoms. The SMILES string of the molecule is Cc1cc(Nc2cc(-c3ccccn3)nc(NC3CCCC3)n2)ccc1Cl. The van der Waals surface area contributed by atoms with Crippen molar-refractivity contribution in [3.05, 3.63) is 59.2 Å². The molecule has 6 heteroatoms. The first-order valence-corrected chi connectivity index (χ1v) is 9.65. The number of rotatable bonds is 5. The second kappa shape index (κ2) is 7.92. The molecule has 2 heterocycles. The smallest absolute Gasteiger partial charge is 0.225 e. The number of nitrogens with zero attached hydrogens (tertiary/aromatic N) is 3. The van der Waals surface area contributed by atoms with Gasteiger partial charge in [0.25, 0.3) is 0 Å². The first-order valence-electron chi connectivity index (χ1n) is 9.27. The predicted octanol–water partition coefficient (Wildman–Crippen LogP) is 5.60. The Kier molecular flexibility index (Phi) is 5.21. The second-order valence-corrected chi connectivity index (χ2v) is 7.30. The number of halogens is 1. The summed E-state index contributed by atoms with van der Waals surface area (Å²) in [5.74, 6) is 1.37. The number of pyridine rings is 1. The van der Waals surface area contributed by atoms with Crippen LogP contribution in [-0.2, 0) is 0 Å². The highest BCUT2D eigenvalue weighted by Gasteiger charge is 2.17. The predicted molar refractivity (Wildman–Crippen MR) is 111 cm³/mol. The minimum atomic E-state index is 0.439. The summed E-state index contributed by atoms with van der Waals surface area (Å²) in [6.07, 6.45) is 6.61. The molecule has 0 unspecified atom stereocenters. The molecule has 2 N–H and O–H groups in total. The second-order valence-electron chi connectivity index (χ2n) is 6.89. The maximum atomic E-state index is 6.14. The van der Waals surface area contributed by atoms with Crippen molar-refractivity contribution in [3.63, 3.8) is 0 Å². The Morgan fingerprint density at radius 1 is 1.00 bits per heavy atom. The Morgan fingerprint density at radius 3 is 2.59 bits per heavy atom. The number of hydrogen-bond acceptors (Lipinski definition) is 5. The fraction of sp³-hybridized carbons (Fsp3) is 0.286. The molecule has 1 fully saturated rings. The third-order valence-corrected chi connectivity index (χ3v) is 5.20. The van der Waals surface area contributed by atoms with Crippen LogP contribution in [-0.4, -0.2) is 21.0 Å². The number of hydrogen-bond donors (Lipinski definition) is 2. The van der Waals surface area contributed by atoms with Crippen LogP contribution in [0, 0.1) is 6.92 Å². The van der Waals surface area contributed by atoms with Crippen LogP contribution in [0.5, 0.6) is 0 Å². The Morgan fingerprint density at radius 2 is 1.85 bits per heavy atom. The zero-order valence-electron chi connectivity index (χ0n) is 15.2. The molecule has 3 aromatic rings. The molecule has 138 valence electrons. The van der Waals surface area contributed by atoms with Crippen LogP contribution < -0.4 is 10.6 Å². The van der Waals surface area contributed by atoms with Gasteiger partial charge in [-0.1, -0.05) is 30.5 Å². The largest absolute Gasteiger partial charge is 0.351 e. The molecular formula is C21H22ClN5. The lowest BCUT2D eigenvalue weighted by Gasteiger charge is -2.15. The molecule has 0 bridgehead atoms. The van der Waals surface area contributed by atoms with E-state index in [0.717, 1.165) is 46.3 Å². The van der Waals surface area contributed by atoms with Gasteiger partial charge in [0.2, 0.25) is 5.95 Å². The van der Waals surface area contributed by atoms with Crippen molar-refractivity contribution < 1.29 is 0 Å². The molecular weight excluding hydrogens is 358 g/mol.